The number of amides is 1. The van der Waals surface area contributed by atoms with Crippen LogP contribution in [-0.4, -0.2) is 39.9 Å². The molecule has 0 bridgehead atoms. The topological polar surface area (TPSA) is 130 Å². The first-order chi connectivity index (χ1) is 14.6. The molecule has 1 aromatic rings. The second-order valence-corrected chi connectivity index (χ2v) is 11.7. The monoisotopic (exact) mass is 452 g/mol. The van der Waals surface area contributed by atoms with Crippen molar-refractivity contribution in [3.8, 4) is 0 Å². The molecule has 8 heteroatoms. The Hall–Kier alpha value is -1.69. The zero-order chi connectivity index (χ0) is 23.0. The molecule has 3 unspecified atom stereocenters. The minimum absolute atomic E-state index is 0.243. The first-order valence-electron chi connectivity index (χ1n) is 11.2. The number of rotatable bonds is 11. The van der Waals surface area contributed by atoms with Crippen LogP contribution in [0.15, 0.2) is 30.3 Å². The van der Waals surface area contributed by atoms with E-state index in [1.807, 2.05) is 30.3 Å². The Balaban J connectivity index is 2.15. The van der Waals surface area contributed by atoms with Crippen molar-refractivity contribution in [1.82, 2.24) is 5.32 Å². The van der Waals surface area contributed by atoms with Gasteiger partial charge in [0.25, 0.3) is 0 Å². The molecule has 0 aliphatic heterocycles. The lowest BCUT2D eigenvalue weighted by molar-refractivity contribution is -0.142. The first kappa shape index (κ1) is 25.6. The predicted octanol–water partition coefficient (Wildman–Crippen LogP) is 3.60. The number of carbonyl (C=O) groups excluding carboxylic acids is 1. The van der Waals surface area contributed by atoms with E-state index in [2.05, 4.69) is 5.32 Å². The first-order valence-corrected chi connectivity index (χ1v) is 13.2. The Kier molecular flexibility index (Phi) is 9.73. The number of carboxylic acid groups (broad SMARTS) is 1. The molecule has 1 aromatic carbocycles. The Morgan fingerprint density at radius 3 is 2.32 bits per heavy atom. The summed E-state index contributed by atoms with van der Waals surface area (Å²) in [5, 5.41) is 12.2. The lowest BCUT2D eigenvalue weighted by Gasteiger charge is -2.32. The van der Waals surface area contributed by atoms with Crippen LogP contribution in [0.3, 0.4) is 0 Å². The van der Waals surface area contributed by atoms with Gasteiger partial charge in [-0.15, -0.1) is 0 Å². The van der Waals surface area contributed by atoms with E-state index < -0.39 is 37.0 Å². The highest BCUT2D eigenvalue weighted by Gasteiger charge is 2.40. The van der Waals surface area contributed by atoms with Gasteiger partial charge in [-0.3, -0.25) is 14.2 Å². The Labute approximate surface area is 185 Å². The van der Waals surface area contributed by atoms with Crippen molar-refractivity contribution in [2.75, 3.05) is 6.16 Å². The van der Waals surface area contributed by atoms with Crippen molar-refractivity contribution >= 4 is 19.2 Å². The predicted molar refractivity (Wildman–Crippen MR) is 122 cm³/mol. The van der Waals surface area contributed by atoms with Crippen molar-refractivity contribution in [3.05, 3.63) is 35.9 Å². The standard InChI is InChI=1S/C23H37N2O5P/c1-16(2)19(23(27)28)15-31(29,30)21(14-18-11-7-4-8-12-18)25-22(26)20(24)13-17-9-5-3-6-10-17/h3,5-6,9-10,16,18-21H,4,7-8,11-15,24H2,1-2H3,(H,25,26)(H,27,28)(H,29,30)/t19?,20-,21?/m0/s1. The van der Waals surface area contributed by atoms with Gasteiger partial charge in [0.15, 0.2) is 0 Å². The second kappa shape index (κ2) is 11.8. The summed E-state index contributed by atoms with van der Waals surface area (Å²) in [5.74, 6) is -3.54. The molecule has 1 aliphatic rings. The zero-order valence-corrected chi connectivity index (χ0v) is 19.5. The van der Waals surface area contributed by atoms with E-state index >= 15 is 0 Å². The molecular weight excluding hydrogens is 415 g/mol. The number of aliphatic carboxylic acids is 1. The summed E-state index contributed by atoms with van der Waals surface area (Å²) in [5.41, 5.74) is 7.00. The van der Waals surface area contributed by atoms with Gasteiger partial charge in [0.05, 0.1) is 12.0 Å². The molecule has 4 atom stereocenters. The molecule has 0 spiro atoms. The number of nitrogens with one attached hydrogen (secondary N) is 1. The normalized spacial score (nSPS) is 19.9. The van der Waals surface area contributed by atoms with Crippen molar-refractivity contribution in [2.24, 2.45) is 23.5 Å². The Morgan fingerprint density at radius 2 is 1.77 bits per heavy atom. The van der Waals surface area contributed by atoms with Gasteiger partial charge < -0.3 is 21.1 Å². The lowest BCUT2D eigenvalue weighted by atomic mass is 9.87. The van der Waals surface area contributed by atoms with Gasteiger partial charge in [-0.1, -0.05) is 76.3 Å². The molecule has 174 valence electrons. The number of benzene rings is 1. The summed E-state index contributed by atoms with van der Waals surface area (Å²) in [7, 11) is -3.98. The molecule has 1 amide bonds. The van der Waals surface area contributed by atoms with Gasteiger partial charge in [-0.2, -0.15) is 0 Å². The molecule has 1 fully saturated rings. The molecular formula is C23H37N2O5P. The average Bonchev–Trinajstić information content (AvgIpc) is 2.72. The summed E-state index contributed by atoms with van der Waals surface area (Å²) in [4.78, 5) is 35.4. The van der Waals surface area contributed by atoms with E-state index in [0.29, 0.717) is 12.8 Å². The third kappa shape index (κ3) is 8.06. The van der Waals surface area contributed by atoms with E-state index in [9.17, 15) is 24.2 Å². The number of carboxylic acids is 1. The summed E-state index contributed by atoms with van der Waals surface area (Å²) >= 11 is 0. The highest BCUT2D eigenvalue weighted by molar-refractivity contribution is 7.58. The largest absolute Gasteiger partial charge is 0.481 e. The van der Waals surface area contributed by atoms with Crippen molar-refractivity contribution in [1.29, 1.82) is 0 Å². The van der Waals surface area contributed by atoms with Gasteiger partial charge in [-0.25, -0.2) is 0 Å². The molecule has 0 aromatic heterocycles. The molecule has 5 N–H and O–H groups in total. The lowest BCUT2D eigenvalue weighted by Crippen LogP contribution is -2.47. The number of hydrogen-bond acceptors (Lipinski definition) is 4. The fourth-order valence-corrected chi connectivity index (χ4v) is 6.63. The van der Waals surface area contributed by atoms with Crippen LogP contribution in [-0.2, 0) is 20.6 Å². The third-order valence-corrected chi connectivity index (χ3v) is 8.52. The van der Waals surface area contributed by atoms with Crippen LogP contribution >= 0.6 is 7.37 Å². The summed E-state index contributed by atoms with van der Waals surface area (Å²) < 4.78 is 13.4. The molecule has 7 nitrogen and oxygen atoms in total. The Bertz CT molecular complexity index is 764. The molecule has 0 radical (unpaired) electrons. The third-order valence-electron chi connectivity index (χ3n) is 6.29. The molecule has 0 saturated heterocycles. The van der Waals surface area contributed by atoms with Gasteiger partial charge in [0.1, 0.15) is 5.78 Å². The van der Waals surface area contributed by atoms with Gasteiger partial charge >= 0.3 is 5.97 Å². The van der Waals surface area contributed by atoms with Crippen molar-refractivity contribution in [2.45, 2.75) is 70.6 Å². The fourth-order valence-electron chi connectivity index (χ4n) is 4.28. The minimum Gasteiger partial charge on any atom is -0.481 e. The minimum atomic E-state index is -3.98. The number of nitrogens with two attached hydrogens (primary N) is 1. The highest BCUT2D eigenvalue weighted by Crippen LogP contribution is 2.51. The van der Waals surface area contributed by atoms with Crippen LogP contribution in [0.1, 0.15) is 57.9 Å². The van der Waals surface area contributed by atoms with Crippen LogP contribution in [0.25, 0.3) is 0 Å². The second-order valence-electron chi connectivity index (χ2n) is 9.19. The van der Waals surface area contributed by atoms with Crippen LogP contribution < -0.4 is 11.1 Å². The van der Waals surface area contributed by atoms with Gasteiger partial charge in [-0.05, 0) is 30.2 Å². The molecule has 31 heavy (non-hydrogen) atoms. The number of hydrogen-bond donors (Lipinski definition) is 4. The van der Waals surface area contributed by atoms with Gasteiger partial charge in [0.2, 0.25) is 13.3 Å². The van der Waals surface area contributed by atoms with E-state index in [1.165, 1.54) is 0 Å². The van der Waals surface area contributed by atoms with E-state index in [4.69, 9.17) is 5.73 Å². The van der Waals surface area contributed by atoms with E-state index in [0.717, 1.165) is 37.7 Å². The van der Waals surface area contributed by atoms with Crippen LogP contribution in [0.2, 0.25) is 0 Å². The van der Waals surface area contributed by atoms with Crippen LogP contribution in [0.4, 0.5) is 0 Å². The summed E-state index contributed by atoms with van der Waals surface area (Å²) in [6.45, 7) is 3.45. The molecule has 0 heterocycles. The maximum Gasteiger partial charge on any atom is 0.307 e. The van der Waals surface area contributed by atoms with Crippen LogP contribution in [0.5, 0.6) is 0 Å². The molecule has 1 saturated carbocycles. The highest BCUT2D eigenvalue weighted by atomic mass is 31.2. The maximum atomic E-state index is 13.4. The molecule has 1 aliphatic carbocycles. The number of carbonyl (C=O) groups is 2. The maximum absolute atomic E-state index is 13.4. The Morgan fingerprint density at radius 1 is 1.16 bits per heavy atom. The average molecular weight is 453 g/mol. The molecule has 2 rings (SSSR count). The smallest absolute Gasteiger partial charge is 0.307 e. The van der Waals surface area contributed by atoms with E-state index in [-0.39, 0.29) is 18.0 Å². The van der Waals surface area contributed by atoms with Crippen molar-refractivity contribution in [3.63, 3.8) is 0 Å². The SMILES string of the molecule is CC(C)C(CP(=O)(O)C(CC1CCCCC1)NC(=O)[C@@H](N)Cc1ccccc1)C(=O)O. The van der Waals surface area contributed by atoms with Crippen molar-refractivity contribution < 1.29 is 24.2 Å². The zero-order valence-electron chi connectivity index (χ0n) is 18.6. The summed E-state index contributed by atoms with van der Waals surface area (Å²) in [6, 6.07) is 8.52. The summed E-state index contributed by atoms with van der Waals surface area (Å²) in [6.07, 6.45) is 5.54. The van der Waals surface area contributed by atoms with E-state index in [1.54, 1.807) is 13.8 Å². The van der Waals surface area contributed by atoms with Gasteiger partial charge in [0, 0.05) is 6.16 Å². The quantitative estimate of drug-likeness (QED) is 0.380. The van der Waals surface area contributed by atoms with Crippen LogP contribution in [0, 0.1) is 17.8 Å². The fraction of sp³-hybridized carbons (Fsp3) is 0.652.